The van der Waals surface area contributed by atoms with Gasteiger partial charge < -0.3 is 9.64 Å². The van der Waals surface area contributed by atoms with Crippen molar-refractivity contribution in [3.8, 4) is 0 Å². The van der Waals surface area contributed by atoms with Crippen LogP contribution in [0.4, 0.5) is 11.4 Å². The van der Waals surface area contributed by atoms with E-state index in [1.165, 1.54) is 12.1 Å². The number of nitro benzene ring substituents is 1. The average Bonchev–Trinajstić information content (AvgIpc) is 2.47. The highest BCUT2D eigenvalue weighted by atomic mass is 35.5. The van der Waals surface area contributed by atoms with Gasteiger partial charge in [0, 0.05) is 18.7 Å². The molecule has 1 aromatic rings. The summed E-state index contributed by atoms with van der Waals surface area (Å²) in [5, 5.41) is 11.0. The van der Waals surface area contributed by atoms with Gasteiger partial charge in [-0.1, -0.05) is 11.6 Å². The summed E-state index contributed by atoms with van der Waals surface area (Å²) in [6.07, 6.45) is 2.60. The van der Waals surface area contributed by atoms with Crippen LogP contribution in [0.25, 0.3) is 0 Å². The van der Waals surface area contributed by atoms with Crippen molar-refractivity contribution in [3.05, 3.63) is 33.3 Å². The first kappa shape index (κ1) is 15.6. The van der Waals surface area contributed by atoms with Gasteiger partial charge in [0.1, 0.15) is 6.04 Å². The Kier molecular flexibility index (Phi) is 5.01. The summed E-state index contributed by atoms with van der Waals surface area (Å²) in [6, 6.07) is 3.93. The van der Waals surface area contributed by atoms with Crippen molar-refractivity contribution >= 4 is 28.9 Å². The molecule has 1 aromatic carbocycles. The van der Waals surface area contributed by atoms with Crippen molar-refractivity contribution in [2.45, 2.75) is 32.2 Å². The molecule has 6 nitrogen and oxygen atoms in total. The summed E-state index contributed by atoms with van der Waals surface area (Å²) in [6.45, 7) is 2.78. The molecule has 1 aliphatic heterocycles. The maximum Gasteiger partial charge on any atom is 0.328 e. The number of halogens is 1. The zero-order valence-corrected chi connectivity index (χ0v) is 12.5. The number of benzene rings is 1. The molecular weight excluding hydrogens is 296 g/mol. The molecule has 7 heteroatoms. The van der Waals surface area contributed by atoms with Crippen LogP contribution >= 0.6 is 11.6 Å². The SMILES string of the molecule is CCOC(=O)C1CCCCN1c1ccc([N+](=O)[O-])cc1Cl. The number of carbonyl (C=O) groups excluding carboxylic acids is 1. The van der Waals surface area contributed by atoms with Gasteiger partial charge in [-0.2, -0.15) is 0 Å². The third-order valence-electron chi connectivity index (χ3n) is 3.51. The van der Waals surface area contributed by atoms with Crippen LogP contribution < -0.4 is 4.90 Å². The minimum Gasteiger partial charge on any atom is -0.464 e. The molecule has 114 valence electrons. The topological polar surface area (TPSA) is 72.7 Å². The summed E-state index contributed by atoms with van der Waals surface area (Å²) >= 11 is 6.16. The molecule has 0 spiro atoms. The van der Waals surface area contributed by atoms with Crippen LogP contribution in [-0.2, 0) is 9.53 Å². The minimum atomic E-state index is -0.491. The molecule has 1 unspecified atom stereocenters. The monoisotopic (exact) mass is 312 g/mol. The van der Waals surface area contributed by atoms with Crippen molar-refractivity contribution in [2.24, 2.45) is 0 Å². The van der Waals surface area contributed by atoms with E-state index in [2.05, 4.69) is 0 Å². The fourth-order valence-electron chi connectivity index (χ4n) is 2.55. The van der Waals surface area contributed by atoms with Gasteiger partial charge >= 0.3 is 5.97 Å². The Hall–Kier alpha value is -1.82. The van der Waals surface area contributed by atoms with Gasteiger partial charge in [0.15, 0.2) is 0 Å². The van der Waals surface area contributed by atoms with Gasteiger partial charge in [-0.3, -0.25) is 10.1 Å². The number of rotatable bonds is 4. The Balaban J connectivity index is 2.29. The van der Waals surface area contributed by atoms with Crippen molar-refractivity contribution < 1.29 is 14.5 Å². The maximum absolute atomic E-state index is 12.1. The third kappa shape index (κ3) is 3.44. The lowest BCUT2D eigenvalue weighted by molar-refractivity contribution is -0.384. The molecule has 0 aliphatic carbocycles. The van der Waals surface area contributed by atoms with Gasteiger partial charge in [0.05, 0.1) is 22.2 Å². The number of anilines is 1. The van der Waals surface area contributed by atoms with Crippen LogP contribution in [0.5, 0.6) is 0 Å². The van der Waals surface area contributed by atoms with Crippen LogP contribution in [0, 0.1) is 10.1 Å². The molecule has 1 heterocycles. The normalized spacial score (nSPS) is 18.4. The largest absolute Gasteiger partial charge is 0.464 e. The van der Waals surface area contributed by atoms with E-state index in [0.717, 1.165) is 12.8 Å². The second-order valence-electron chi connectivity index (χ2n) is 4.85. The van der Waals surface area contributed by atoms with E-state index in [-0.39, 0.29) is 22.7 Å². The number of non-ortho nitro benzene ring substituents is 1. The lowest BCUT2D eigenvalue weighted by atomic mass is 10.0. The minimum absolute atomic E-state index is 0.0616. The van der Waals surface area contributed by atoms with E-state index in [1.807, 2.05) is 4.90 Å². The Morgan fingerprint density at radius 1 is 1.52 bits per heavy atom. The molecule has 21 heavy (non-hydrogen) atoms. The third-order valence-corrected chi connectivity index (χ3v) is 3.82. The molecule has 0 bridgehead atoms. The van der Waals surface area contributed by atoms with E-state index >= 15 is 0 Å². The summed E-state index contributed by atoms with van der Waals surface area (Å²) in [7, 11) is 0. The van der Waals surface area contributed by atoms with Gasteiger partial charge in [0.2, 0.25) is 0 Å². The van der Waals surface area contributed by atoms with Crippen molar-refractivity contribution in [1.82, 2.24) is 0 Å². The standard InChI is InChI=1S/C14H17ClN2O4/c1-2-21-14(18)13-5-3-4-8-16(13)12-7-6-10(17(19)20)9-11(12)15/h6-7,9,13H,2-5,8H2,1H3. The Morgan fingerprint density at radius 2 is 2.29 bits per heavy atom. The Labute approximate surface area is 127 Å². The van der Waals surface area contributed by atoms with Crippen molar-refractivity contribution in [1.29, 1.82) is 0 Å². The zero-order chi connectivity index (χ0) is 15.4. The Morgan fingerprint density at radius 3 is 2.90 bits per heavy atom. The number of carbonyl (C=O) groups is 1. The van der Waals surface area contributed by atoms with Gasteiger partial charge in [-0.25, -0.2) is 4.79 Å². The molecule has 0 radical (unpaired) electrons. The molecule has 2 rings (SSSR count). The number of hydrogen-bond acceptors (Lipinski definition) is 5. The predicted octanol–water partition coefficient (Wildman–Crippen LogP) is 3.17. The fourth-order valence-corrected chi connectivity index (χ4v) is 2.83. The second kappa shape index (κ2) is 6.76. The van der Waals surface area contributed by atoms with Gasteiger partial charge in [0.25, 0.3) is 5.69 Å². The van der Waals surface area contributed by atoms with Crippen LogP contribution in [0.15, 0.2) is 18.2 Å². The quantitative estimate of drug-likeness (QED) is 0.485. The van der Waals surface area contributed by atoms with Crippen LogP contribution in [0.2, 0.25) is 5.02 Å². The van der Waals surface area contributed by atoms with Crippen molar-refractivity contribution in [2.75, 3.05) is 18.1 Å². The smallest absolute Gasteiger partial charge is 0.328 e. The van der Waals surface area contributed by atoms with Crippen LogP contribution in [0.3, 0.4) is 0 Å². The molecule has 0 aromatic heterocycles. The van der Waals surface area contributed by atoms with E-state index in [4.69, 9.17) is 16.3 Å². The second-order valence-corrected chi connectivity index (χ2v) is 5.26. The van der Waals surface area contributed by atoms with E-state index in [1.54, 1.807) is 13.0 Å². The molecule has 1 saturated heterocycles. The first-order valence-electron chi connectivity index (χ1n) is 6.91. The molecule has 1 fully saturated rings. The number of nitro groups is 1. The lowest BCUT2D eigenvalue weighted by Crippen LogP contribution is -2.45. The summed E-state index contributed by atoms with van der Waals surface area (Å²) in [4.78, 5) is 24.2. The number of nitrogens with zero attached hydrogens (tertiary/aromatic N) is 2. The summed E-state index contributed by atoms with van der Waals surface area (Å²) in [5.74, 6) is -0.272. The van der Waals surface area contributed by atoms with Crippen molar-refractivity contribution in [3.63, 3.8) is 0 Å². The number of esters is 1. The molecule has 0 saturated carbocycles. The summed E-state index contributed by atoms with van der Waals surface area (Å²) < 4.78 is 5.10. The average molecular weight is 313 g/mol. The molecule has 1 aliphatic rings. The first-order chi connectivity index (χ1) is 10.0. The van der Waals surface area contributed by atoms with Crippen LogP contribution in [0.1, 0.15) is 26.2 Å². The molecular formula is C14H17ClN2O4. The zero-order valence-electron chi connectivity index (χ0n) is 11.8. The fraction of sp³-hybridized carbons (Fsp3) is 0.500. The Bertz CT molecular complexity index is 550. The maximum atomic E-state index is 12.1. The highest BCUT2D eigenvalue weighted by molar-refractivity contribution is 6.33. The van der Waals surface area contributed by atoms with Crippen LogP contribution in [-0.4, -0.2) is 30.1 Å². The number of piperidine rings is 1. The van der Waals surface area contributed by atoms with E-state index in [9.17, 15) is 14.9 Å². The molecule has 1 atom stereocenters. The van der Waals surface area contributed by atoms with Gasteiger partial charge in [-0.15, -0.1) is 0 Å². The lowest BCUT2D eigenvalue weighted by Gasteiger charge is -2.36. The van der Waals surface area contributed by atoms with E-state index in [0.29, 0.717) is 25.3 Å². The van der Waals surface area contributed by atoms with E-state index < -0.39 is 4.92 Å². The number of ether oxygens (including phenoxy) is 1. The predicted molar refractivity (Wildman–Crippen MR) is 79.7 cm³/mol. The molecule has 0 amide bonds. The highest BCUT2D eigenvalue weighted by Crippen LogP contribution is 2.34. The first-order valence-corrected chi connectivity index (χ1v) is 7.29. The molecule has 0 N–H and O–H groups in total. The highest BCUT2D eigenvalue weighted by Gasteiger charge is 2.31. The van der Waals surface area contributed by atoms with Gasteiger partial charge in [-0.05, 0) is 32.3 Å². The number of hydrogen-bond donors (Lipinski definition) is 0. The summed E-state index contributed by atoms with van der Waals surface area (Å²) in [5.41, 5.74) is 0.577.